The maximum absolute atomic E-state index is 12.7. The molecule has 0 spiro atoms. The first-order chi connectivity index (χ1) is 15.0. The average molecular weight is 440 g/mol. The minimum Gasteiger partial charge on any atom is -0.357 e. The summed E-state index contributed by atoms with van der Waals surface area (Å²) in [7, 11) is 1.79. The second-order valence-electron chi connectivity index (χ2n) is 7.96. The molecule has 1 aromatic carbocycles. The number of aromatic amines is 1. The highest BCUT2D eigenvalue weighted by Gasteiger charge is 2.28. The number of piperidine rings is 1. The fourth-order valence-corrected chi connectivity index (χ4v) is 4.19. The molecular weight excluding hydrogens is 414 g/mol. The van der Waals surface area contributed by atoms with Crippen LogP contribution in [0.5, 0.6) is 0 Å². The molecule has 1 saturated heterocycles. The number of amides is 3. The number of hydrogen-bond donors (Lipinski definition) is 2. The number of carbonyl (C=O) groups excluding carboxylic acids is 2. The summed E-state index contributed by atoms with van der Waals surface area (Å²) in [6.45, 7) is 1.68. The Morgan fingerprint density at radius 2 is 2.06 bits per heavy atom. The van der Waals surface area contributed by atoms with Crippen LogP contribution >= 0.6 is 11.6 Å². The van der Waals surface area contributed by atoms with E-state index in [2.05, 4.69) is 15.3 Å². The van der Waals surface area contributed by atoms with Gasteiger partial charge in [0, 0.05) is 54.2 Å². The maximum Gasteiger partial charge on any atom is 0.317 e. The highest BCUT2D eigenvalue weighted by molar-refractivity contribution is 6.31. The Labute approximate surface area is 186 Å². The highest BCUT2D eigenvalue weighted by atomic mass is 35.5. The van der Waals surface area contributed by atoms with Crippen LogP contribution in [0.2, 0.25) is 5.02 Å². The van der Waals surface area contributed by atoms with Crippen molar-refractivity contribution in [2.75, 3.05) is 20.1 Å². The topological polar surface area (TPSA) is 81.3 Å². The van der Waals surface area contributed by atoms with Crippen LogP contribution in [-0.2, 0) is 17.8 Å². The Balaban J connectivity index is 1.31. The Kier molecular flexibility index (Phi) is 6.42. The second kappa shape index (κ2) is 9.39. The van der Waals surface area contributed by atoms with Crippen molar-refractivity contribution in [3.63, 3.8) is 0 Å². The maximum atomic E-state index is 12.7. The van der Waals surface area contributed by atoms with Crippen molar-refractivity contribution in [2.24, 2.45) is 0 Å². The quantitative estimate of drug-likeness (QED) is 0.637. The van der Waals surface area contributed by atoms with Gasteiger partial charge in [0.05, 0.1) is 19.0 Å². The van der Waals surface area contributed by atoms with Gasteiger partial charge in [0.15, 0.2) is 0 Å². The zero-order chi connectivity index (χ0) is 21.8. The Morgan fingerprint density at radius 1 is 1.26 bits per heavy atom. The van der Waals surface area contributed by atoms with Crippen molar-refractivity contribution in [3.05, 3.63) is 65.1 Å². The molecule has 0 bridgehead atoms. The van der Waals surface area contributed by atoms with Gasteiger partial charge in [0.2, 0.25) is 5.91 Å². The van der Waals surface area contributed by atoms with Gasteiger partial charge in [-0.25, -0.2) is 4.79 Å². The second-order valence-corrected chi connectivity index (χ2v) is 8.40. The summed E-state index contributed by atoms with van der Waals surface area (Å²) in [6, 6.07) is 11.2. The smallest absolute Gasteiger partial charge is 0.317 e. The Morgan fingerprint density at radius 3 is 2.87 bits per heavy atom. The van der Waals surface area contributed by atoms with Crippen LogP contribution in [0.15, 0.2) is 48.8 Å². The standard InChI is InChI=1S/C23H26ClN5O2/c1-28(23(31)26-14-19-13-17-12-18(24)4-5-21(17)27-19)20-3-2-10-29(15-20)22(30)11-16-6-8-25-9-7-16/h4-9,12-13,20,27H,2-3,10-11,14-15H2,1H3,(H,26,31)/t20-/m1/s1. The molecule has 4 rings (SSSR count). The van der Waals surface area contributed by atoms with Gasteiger partial charge in [-0.1, -0.05) is 11.6 Å². The molecule has 1 fully saturated rings. The number of urea groups is 1. The predicted molar refractivity (Wildman–Crippen MR) is 121 cm³/mol. The van der Waals surface area contributed by atoms with Gasteiger partial charge < -0.3 is 20.1 Å². The summed E-state index contributed by atoms with van der Waals surface area (Å²) < 4.78 is 0. The van der Waals surface area contributed by atoms with E-state index >= 15 is 0 Å². The molecule has 2 N–H and O–H groups in total. The lowest BCUT2D eigenvalue weighted by Gasteiger charge is -2.37. The summed E-state index contributed by atoms with van der Waals surface area (Å²) in [5.74, 6) is 0.0847. The Bertz CT molecular complexity index is 1070. The third-order valence-electron chi connectivity index (χ3n) is 5.79. The van der Waals surface area contributed by atoms with E-state index in [4.69, 9.17) is 11.6 Å². The number of benzene rings is 1. The molecule has 7 nitrogen and oxygen atoms in total. The van der Waals surface area contributed by atoms with Crippen LogP contribution in [0.3, 0.4) is 0 Å². The van der Waals surface area contributed by atoms with E-state index in [1.54, 1.807) is 24.3 Å². The van der Waals surface area contributed by atoms with E-state index in [1.165, 1.54) is 0 Å². The first-order valence-corrected chi connectivity index (χ1v) is 10.8. The van der Waals surface area contributed by atoms with Gasteiger partial charge in [0.25, 0.3) is 0 Å². The molecule has 3 heterocycles. The largest absolute Gasteiger partial charge is 0.357 e. The third-order valence-corrected chi connectivity index (χ3v) is 6.03. The summed E-state index contributed by atoms with van der Waals surface area (Å²) >= 11 is 6.04. The normalized spacial score (nSPS) is 16.3. The van der Waals surface area contributed by atoms with Crippen molar-refractivity contribution < 1.29 is 9.59 Å². The molecule has 2 aromatic heterocycles. The number of nitrogens with zero attached hydrogens (tertiary/aromatic N) is 3. The van der Waals surface area contributed by atoms with E-state index in [0.717, 1.165) is 41.5 Å². The molecule has 0 aliphatic carbocycles. The lowest BCUT2D eigenvalue weighted by Crippen LogP contribution is -2.52. The number of fused-ring (bicyclic) bond motifs is 1. The molecule has 1 aliphatic heterocycles. The van der Waals surface area contributed by atoms with Gasteiger partial charge in [-0.05, 0) is 54.8 Å². The van der Waals surface area contributed by atoms with Crippen LogP contribution < -0.4 is 5.32 Å². The molecule has 8 heteroatoms. The Hall–Kier alpha value is -3.06. The number of rotatable bonds is 5. The van der Waals surface area contributed by atoms with Crippen molar-refractivity contribution in [1.29, 1.82) is 0 Å². The molecule has 3 amide bonds. The van der Waals surface area contributed by atoms with Crippen LogP contribution in [0, 0.1) is 0 Å². The minimum atomic E-state index is -0.148. The van der Waals surface area contributed by atoms with Crippen LogP contribution in [0.25, 0.3) is 10.9 Å². The molecule has 3 aromatic rings. The van der Waals surface area contributed by atoms with Gasteiger partial charge >= 0.3 is 6.03 Å². The fraction of sp³-hybridized carbons (Fsp3) is 0.348. The number of H-pyrrole nitrogens is 1. The summed E-state index contributed by atoms with van der Waals surface area (Å²) in [5.41, 5.74) is 2.85. The summed E-state index contributed by atoms with van der Waals surface area (Å²) in [6.07, 6.45) is 5.51. The van der Waals surface area contributed by atoms with Gasteiger partial charge in [-0.15, -0.1) is 0 Å². The van der Waals surface area contributed by atoms with Gasteiger partial charge in [-0.3, -0.25) is 9.78 Å². The lowest BCUT2D eigenvalue weighted by molar-refractivity contribution is -0.132. The molecule has 1 atom stereocenters. The molecule has 162 valence electrons. The fourth-order valence-electron chi connectivity index (χ4n) is 4.00. The van der Waals surface area contributed by atoms with Gasteiger partial charge in [-0.2, -0.15) is 0 Å². The summed E-state index contributed by atoms with van der Waals surface area (Å²) in [4.78, 5) is 36.3. The number of aromatic nitrogens is 2. The molecule has 0 radical (unpaired) electrons. The molecule has 1 aliphatic rings. The third kappa shape index (κ3) is 5.17. The van der Waals surface area contributed by atoms with Crippen LogP contribution in [0.4, 0.5) is 4.79 Å². The zero-order valence-corrected chi connectivity index (χ0v) is 18.2. The lowest BCUT2D eigenvalue weighted by atomic mass is 10.0. The average Bonchev–Trinajstić information content (AvgIpc) is 3.19. The van der Waals surface area contributed by atoms with Crippen molar-refractivity contribution >= 4 is 34.4 Å². The number of nitrogens with one attached hydrogen (secondary N) is 2. The predicted octanol–water partition coefficient (Wildman–Crippen LogP) is 3.59. The number of halogens is 1. The summed E-state index contributed by atoms with van der Waals surface area (Å²) in [5, 5.41) is 4.66. The number of likely N-dealkylation sites (tertiary alicyclic amines) is 1. The van der Waals surface area contributed by atoms with Crippen LogP contribution in [-0.4, -0.2) is 57.9 Å². The number of likely N-dealkylation sites (N-methyl/N-ethyl adjacent to an activating group) is 1. The van der Waals surface area contributed by atoms with Crippen LogP contribution in [0.1, 0.15) is 24.1 Å². The van der Waals surface area contributed by atoms with Crippen molar-refractivity contribution in [1.82, 2.24) is 25.1 Å². The molecule has 0 unspecified atom stereocenters. The van der Waals surface area contributed by atoms with E-state index < -0.39 is 0 Å². The van der Waals surface area contributed by atoms with Crippen molar-refractivity contribution in [3.8, 4) is 0 Å². The number of pyridine rings is 1. The zero-order valence-electron chi connectivity index (χ0n) is 17.5. The van der Waals surface area contributed by atoms with E-state index in [-0.39, 0.29) is 18.0 Å². The first kappa shape index (κ1) is 21.2. The van der Waals surface area contributed by atoms with E-state index in [0.29, 0.717) is 24.5 Å². The van der Waals surface area contributed by atoms with E-state index in [9.17, 15) is 9.59 Å². The minimum absolute atomic E-state index is 0.00309. The van der Waals surface area contributed by atoms with Crippen molar-refractivity contribution in [2.45, 2.75) is 31.8 Å². The SMILES string of the molecule is CN(C(=O)NCc1cc2cc(Cl)ccc2[nH]1)[C@@H]1CCCN(C(=O)Cc2ccncc2)C1. The molecular formula is C23H26ClN5O2. The van der Waals surface area contributed by atoms with Gasteiger partial charge in [0.1, 0.15) is 0 Å². The monoisotopic (exact) mass is 439 g/mol. The molecule has 0 saturated carbocycles. The number of carbonyl (C=O) groups is 2. The number of hydrogen-bond acceptors (Lipinski definition) is 3. The first-order valence-electron chi connectivity index (χ1n) is 10.4. The molecule has 31 heavy (non-hydrogen) atoms. The highest BCUT2D eigenvalue weighted by Crippen LogP contribution is 2.20. The van der Waals surface area contributed by atoms with E-state index in [1.807, 2.05) is 41.3 Å².